The van der Waals surface area contributed by atoms with Crippen molar-refractivity contribution in [3.63, 3.8) is 0 Å². The Kier molecular flexibility index (Phi) is 6.20. The highest BCUT2D eigenvalue weighted by Crippen LogP contribution is 2.23. The van der Waals surface area contributed by atoms with Gasteiger partial charge in [0.1, 0.15) is 17.1 Å². The normalized spacial score (nSPS) is 13.3. The summed E-state index contributed by atoms with van der Waals surface area (Å²) in [5, 5.41) is 7.41. The Labute approximate surface area is 171 Å². The zero-order valence-electron chi connectivity index (χ0n) is 15.4. The second-order valence-corrected chi connectivity index (χ2v) is 6.31. The highest BCUT2D eigenvalue weighted by Gasteiger charge is 2.25. The van der Waals surface area contributed by atoms with E-state index in [2.05, 4.69) is 16.0 Å². The molecule has 0 bridgehead atoms. The lowest BCUT2D eigenvalue weighted by Gasteiger charge is -2.16. The third kappa shape index (κ3) is 5.17. The van der Waals surface area contributed by atoms with E-state index in [1.54, 1.807) is 48.5 Å². The van der Waals surface area contributed by atoms with Gasteiger partial charge in [0, 0.05) is 0 Å². The van der Waals surface area contributed by atoms with E-state index in [0.717, 1.165) is 0 Å². The molecule has 9 heteroatoms. The first kappa shape index (κ1) is 20.0. The van der Waals surface area contributed by atoms with Crippen LogP contribution in [0.15, 0.2) is 54.1 Å². The number of thiocarbonyl (C=S) groups is 1. The molecule has 0 saturated carbocycles. The smallest absolute Gasteiger partial charge is 0.263 e. The van der Waals surface area contributed by atoms with Crippen LogP contribution in [0.4, 0.5) is 5.69 Å². The molecular weight excluding hydrogens is 394 g/mol. The second-order valence-electron chi connectivity index (χ2n) is 5.91. The minimum absolute atomic E-state index is 0.0321. The first-order valence-electron chi connectivity index (χ1n) is 8.50. The van der Waals surface area contributed by atoms with Gasteiger partial charge in [0.05, 0.1) is 12.8 Å². The number of para-hydroxylation sites is 2. The van der Waals surface area contributed by atoms with Gasteiger partial charge in [-0.3, -0.25) is 25.0 Å². The number of carbonyl (C=O) groups is 3. The molecule has 29 heavy (non-hydrogen) atoms. The fraction of sp³-hybridized carbons (Fsp3) is 0.100. The summed E-state index contributed by atoms with van der Waals surface area (Å²) in [6.45, 7) is -0.229. The Bertz CT molecular complexity index is 997. The third-order valence-electron chi connectivity index (χ3n) is 3.86. The number of hydrogen-bond acceptors (Lipinski definition) is 6. The van der Waals surface area contributed by atoms with E-state index in [1.807, 2.05) is 0 Å². The van der Waals surface area contributed by atoms with Gasteiger partial charge in [-0.05, 0) is 48.1 Å². The molecule has 1 aliphatic heterocycles. The van der Waals surface area contributed by atoms with Crippen molar-refractivity contribution in [2.75, 3.05) is 19.0 Å². The molecule has 1 aliphatic rings. The van der Waals surface area contributed by atoms with Crippen LogP contribution in [0.1, 0.15) is 5.56 Å². The van der Waals surface area contributed by atoms with Crippen molar-refractivity contribution in [3.8, 4) is 11.5 Å². The van der Waals surface area contributed by atoms with Crippen LogP contribution in [-0.4, -0.2) is 36.6 Å². The van der Waals surface area contributed by atoms with E-state index in [0.29, 0.717) is 22.7 Å². The average Bonchev–Trinajstić information content (AvgIpc) is 2.70. The zero-order valence-corrected chi connectivity index (χ0v) is 16.2. The predicted molar refractivity (Wildman–Crippen MR) is 110 cm³/mol. The molecule has 0 atom stereocenters. The van der Waals surface area contributed by atoms with Gasteiger partial charge >= 0.3 is 0 Å². The van der Waals surface area contributed by atoms with Crippen molar-refractivity contribution >= 4 is 46.8 Å². The Morgan fingerprint density at radius 1 is 1.10 bits per heavy atom. The van der Waals surface area contributed by atoms with Gasteiger partial charge in [-0.25, -0.2) is 0 Å². The average molecular weight is 411 g/mol. The fourth-order valence-corrected chi connectivity index (χ4v) is 2.74. The molecule has 0 unspecified atom stereocenters. The monoisotopic (exact) mass is 411 g/mol. The number of anilines is 1. The number of hydrogen-bond donors (Lipinski definition) is 3. The van der Waals surface area contributed by atoms with Crippen LogP contribution in [-0.2, 0) is 14.4 Å². The van der Waals surface area contributed by atoms with Crippen LogP contribution in [0.2, 0.25) is 0 Å². The Hall–Kier alpha value is -3.72. The molecule has 3 rings (SSSR count). The van der Waals surface area contributed by atoms with Crippen LogP contribution < -0.4 is 25.4 Å². The number of benzene rings is 2. The minimum atomic E-state index is -0.582. The molecule has 1 heterocycles. The van der Waals surface area contributed by atoms with E-state index in [1.165, 1.54) is 13.2 Å². The molecule has 2 aromatic rings. The summed E-state index contributed by atoms with van der Waals surface area (Å²) in [4.78, 5) is 36.0. The zero-order chi connectivity index (χ0) is 20.8. The summed E-state index contributed by atoms with van der Waals surface area (Å²) in [5.41, 5.74) is 1.01. The number of methoxy groups -OCH3 is 1. The van der Waals surface area contributed by atoms with Gasteiger partial charge in [-0.2, -0.15) is 0 Å². The molecule has 148 valence electrons. The van der Waals surface area contributed by atoms with Crippen LogP contribution >= 0.6 is 12.2 Å². The van der Waals surface area contributed by atoms with Gasteiger partial charge in [0.2, 0.25) is 0 Å². The minimum Gasteiger partial charge on any atom is -0.495 e. The largest absolute Gasteiger partial charge is 0.495 e. The van der Waals surface area contributed by atoms with E-state index >= 15 is 0 Å². The summed E-state index contributed by atoms with van der Waals surface area (Å²) >= 11 is 4.76. The molecule has 0 spiro atoms. The maximum atomic E-state index is 12.2. The van der Waals surface area contributed by atoms with E-state index < -0.39 is 11.8 Å². The van der Waals surface area contributed by atoms with Crippen molar-refractivity contribution in [2.45, 2.75) is 0 Å². The number of amides is 3. The quantitative estimate of drug-likeness (QED) is 0.379. The Balaban J connectivity index is 1.65. The first-order chi connectivity index (χ1) is 14.0. The molecule has 0 radical (unpaired) electrons. The molecular formula is C20H17N3O5S. The van der Waals surface area contributed by atoms with Gasteiger partial charge < -0.3 is 14.8 Å². The molecule has 3 amide bonds. The summed E-state index contributed by atoms with van der Waals surface area (Å²) in [7, 11) is 1.52. The number of rotatable bonds is 6. The van der Waals surface area contributed by atoms with Gasteiger partial charge in [-0.15, -0.1) is 0 Å². The van der Waals surface area contributed by atoms with Crippen molar-refractivity contribution in [3.05, 3.63) is 59.7 Å². The summed E-state index contributed by atoms with van der Waals surface area (Å²) in [6.07, 6.45) is 1.41. The van der Waals surface area contributed by atoms with Crippen molar-refractivity contribution < 1.29 is 23.9 Å². The van der Waals surface area contributed by atoms with Gasteiger partial charge in [0.15, 0.2) is 11.7 Å². The van der Waals surface area contributed by atoms with Crippen LogP contribution in [0.5, 0.6) is 11.5 Å². The number of carbonyl (C=O) groups excluding carboxylic acids is 3. The fourth-order valence-electron chi connectivity index (χ4n) is 2.55. The summed E-state index contributed by atoms with van der Waals surface area (Å²) in [5.74, 6) is -0.583. The molecule has 3 N–H and O–H groups in total. The van der Waals surface area contributed by atoms with Crippen molar-refractivity contribution in [1.82, 2.24) is 10.6 Å². The lowest BCUT2D eigenvalue weighted by molar-refractivity contribution is -0.123. The molecule has 0 aromatic heterocycles. The number of nitrogens with one attached hydrogen (secondary N) is 3. The topological polar surface area (TPSA) is 106 Å². The number of ether oxygens (including phenoxy) is 2. The molecule has 2 aromatic carbocycles. The van der Waals surface area contributed by atoms with Gasteiger partial charge in [0.25, 0.3) is 17.7 Å². The Morgan fingerprint density at radius 2 is 1.83 bits per heavy atom. The summed E-state index contributed by atoms with van der Waals surface area (Å²) < 4.78 is 10.7. The van der Waals surface area contributed by atoms with Crippen LogP contribution in [0.3, 0.4) is 0 Å². The van der Waals surface area contributed by atoms with E-state index in [9.17, 15) is 14.4 Å². The maximum Gasteiger partial charge on any atom is 0.263 e. The molecule has 0 aliphatic carbocycles. The third-order valence-corrected chi connectivity index (χ3v) is 4.07. The van der Waals surface area contributed by atoms with E-state index in [-0.39, 0.29) is 23.2 Å². The van der Waals surface area contributed by atoms with Crippen molar-refractivity contribution in [2.24, 2.45) is 0 Å². The molecule has 8 nitrogen and oxygen atoms in total. The van der Waals surface area contributed by atoms with Gasteiger partial charge in [-0.1, -0.05) is 24.3 Å². The standard InChI is InChI=1S/C20H17N3O5S/c1-27-16-8-3-2-7-15(16)21-17(24)11-28-13-6-4-5-12(9-13)10-14-18(25)22-20(29)23-19(14)26/h2-10H,11H2,1H3,(H,21,24)(H2,22,23,25,26,29). The second kappa shape index (κ2) is 8.98. The highest BCUT2D eigenvalue weighted by molar-refractivity contribution is 7.80. The molecule has 1 fully saturated rings. The maximum absolute atomic E-state index is 12.2. The van der Waals surface area contributed by atoms with Crippen LogP contribution in [0, 0.1) is 0 Å². The lowest BCUT2D eigenvalue weighted by atomic mass is 10.1. The van der Waals surface area contributed by atoms with Crippen LogP contribution in [0.25, 0.3) is 6.08 Å². The Morgan fingerprint density at radius 3 is 2.55 bits per heavy atom. The highest BCUT2D eigenvalue weighted by atomic mass is 32.1. The van der Waals surface area contributed by atoms with E-state index in [4.69, 9.17) is 21.7 Å². The van der Waals surface area contributed by atoms with Crippen molar-refractivity contribution in [1.29, 1.82) is 0 Å². The SMILES string of the molecule is COc1ccccc1NC(=O)COc1cccc(C=C2C(=O)NC(=S)NC2=O)c1. The predicted octanol–water partition coefficient (Wildman–Crippen LogP) is 1.63. The summed E-state index contributed by atoms with van der Waals surface area (Å²) in [6, 6.07) is 13.7. The first-order valence-corrected chi connectivity index (χ1v) is 8.91. The molecule has 1 saturated heterocycles. The lowest BCUT2D eigenvalue weighted by Crippen LogP contribution is -2.51.